The summed E-state index contributed by atoms with van der Waals surface area (Å²) in [6, 6.07) is 7.81. The Morgan fingerprint density at radius 3 is 2.82 bits per heavy atom. The molecular weight excluding hydrogens is 382 g/mol. The highest BCUT2D eigenvalue weighted by atomic mass is 35.5. The summed E-state index contributed by atoms with van der Waals surface area (Å²) in [5, 5.41) is 11.6. The quantitative estimate of drug-likeness (QED) is 0.649. The molecule has 1 N–H and O–H groups in total. The lowest BCUT2D eigenvalue weighted by Crippen LogP contribution is -2.35. The summed E-state index contributed by atoms with van der Waals surface area (Å²) < 4.78 is 6.90. The molecule has 2 aromatic heterocycles. The predicted octanol–water partition coefficient (Wildman–Crippen LogP) is 1.65. The summed E-state index contributed by atoms with van der Waals surface area (Å²) in [4.78, 5) is 22.1. The summed E-state index contributed by atoms with van der Waals surface area (Å²) in [7, 11) is 1.63. The first-order chi connectivity index (χ1) is 13.5. The van der Waals surface area contributed by atoms with Crippen LogP contribution < -0.4 is 15.0 Å². The smallest absolute Gasteiger partial charge is 0.226 e. The maximum Gasteiger partial charge on any atom is 0.226 e. The standard InChI is InChI=1S/C18H20ClN7O2/c1-11(27)20-13-7-8-25(10-13)16-15-17(22-18(19)21-16)26(24-23-15)9-12-3-5-14(28-2)6-4-12/h3-6,13H,7-10H2,1-2H3,(H,20,27). The molecule has 1 atom stereocenters. The highest BCUT2D eigenvalue weighted by Crippen LogP contribution is 2.27. The van der Waals surface area contributed by atoms with Crippen LogP contribution in [0.2, 0.25) is 5.28 Å². The summed E-state index contributed by atoms with van der Waals surface area (Å²) >= 11 is 6.19. The first kappa shape index (κ1) is 18.4. The maximum absolute atomic E-state index is 11.3. The van der Waals surface area contributed by atoms with Crippen LogP contribution in [0.5, 0.6) is 5.75 Å². The Kier molecular flexibility index (Phi) is 4.99. The van der Waals surface area contributed by atoms with Gasteiger partial charge in [0.1, 0.15) is 5.75 Å². The van der Waals surface area contributed by atoms with Gasteiger partial charge in [-0.25, -0.2) is 4.68 Å². The maximum atomic E-state index is 11.3. The molecule has 0 bridgehead atoms. The number of methoxy groups -OCH3 is 1. The Bertz CT molecular complexity index is 1010. The van der Waals surface area contributed by atoms with E-state index in [1.54, 1.807) is 11.8 Å². The van der Waals surface area contributed by atoms with Crippen LogP contribution in [0.4, 0.5) is 5.82 Å². The molecule has 1 saturated heterocycles. The van der Waals surface area contributed by atoms with E-state index < -0.39 is 0 Å². The summed E-state index contributed by atoms with van der Waals surface area (Å²) in [5.74, 6) is 1.40. The largest absolute Gasteiger partial charge is 0.497 e. The van der Waals surface area contributed by atoms with E-state index in [0.29, 0.717) is 30.1 Å². The number of rotatable bonds is 5. The molecule has 1 aromatic carbocycles. The van der Waals surface area contributed by atoms with Gasteiger partial charge in [0, 0.05) is 26.1 Å². The number of amides is 1. The van der Waals surface area contributed by atoms with Crippen molar-refractivity contribution in [2.45, 2.75) is 25.9 Å². The molecule has 1 aliphatic heterocycles. The van der Waals surface area contributed by atoms with Gasteiger partial charge in [0.15, 0.2) is 17.0 Å². The highest BCUT2D eigenvalue weighted by molar-refractivity contribution is 6.28. The number of anilines is 1. The number of ether oxygens (including phenoxy) is 1. The highest BCUT2D eigenvalue weighted by Gasteiger charge is 2.27. The van der Waals surface area contributed by atoms with Crippen LogP contribution in [-0.4, -0.2) is 57.1 Å². The number of hydrogen-bond acceptors (Lipinski definition) is 7. The van der Waals surface area contributed by atoms with E-state index >= 15 is 0 Å². The lowest BCUT2D eigenvalue weighted by atomic mass is 10.2. The number of benzene rings is 1. The van der Waals surface area contributed by atoms with Crippen molar-refractivity contribution in [2.24, 2.45) is 0 Å². The second-order valence-corrected chi connectivity index (χ2v) is 7.05. The average molecular weight is 402 g/mol. The Balaban J connectivity index is 1.62. The summed E-state index contributed by atoms with van der Waals surface area (Å²) in [6.07, 6.45) is 0.836. The van der Waals surface area contributed by atoms with Gasteiger partial charge >= 0.3 is 0 Å². The van der Waals surface area contributed by atoms with Gasteiger partial charge in [-0.3, -0.25) is 4.79 Å². The summed E-state index contributed by atoms with van der Waals surface area (Å²) in [5.41, 5.74) is 2.21. The molecule has 1 unspecified atom stereocenters. The molecule has 3 heterocycles. The minimum absolute atomic E-state index is 0.0387. The van der Waals surface area contributed by atoms with E-state index in [9.17, 15) is 4.79 Å². The lowest BCUT2D eigenvalue weighted by molar-refractivity contribution is -0.119. The van der Waals surface area contributed by atoms with Crippen LogP contribution in [0.15, 0.2) is 24.3 Å². The van der Waals surface area contributed by atoms with Crippen LogP contribution in [0.3, 0.4) is 0 Å². The van der Waals surface area contributed by atoms with E-state index in [1.165, 1.54) is 6.92 Å². The number of aromatic nitrogens is 5. The Hall–Kier alpha value is -2.94. The molecule has 0 saturated carbocycles. The summed E-state index contributed by atoms with van der Waals surface area (Å²) in [6.45, 7) is 3.42. The van der Waals surface area contributed by atoms with Gasteiger partial charge in [-0.2, -0.15) is 9.97 Å². The van der Waals surface area contributed by atoms with E-state index in [0.717, 1.165) is 24.3 Å². The fourth-order valence-electron chi connectivity index (χ4n) is 3.40. The number of hydrogen-bond donors (Lipinski definition) is 1. The molecule has 0 radical (unpaired) electrons. The number of fused-ring (bicyclic) bond motifs is 1. The molecule has 1 fully saturated rings. The first-order valence-corrected chi connectivity index (χ1v) is 9.33. The minimum atomic E-state index is -0.0387. The predicted molar refractivity (Wildman–Crippen MR) is 105 cm³/mol. The molecule has 1 amide bonds. The number of nitrogens with zero attached hydrogens (tertiary/aromatic N) is 6. The fourth-order valence-corrected chi connectivity index (χ4v) is 3.57. The zero-order valence-electron chi connectivity index (χ0n) is 15.6. The Labute approximate surface area is 166 Å². The van der Waals surface area contributed by atoms with Gasteiger partial charge in [-0.1, -0.05) is 17.3 Å². The second-order valence-electron chi connectivity index (χ2n) is 6.72. The topological polar surface area (TPSA) is 98.1 Å². The molecule has 4 rings (SSSR count). The molecule has 1 aliphatic rings. The number of halogens is 1. The van der Waals surface area contributed by atoms with Gasteiger partial charge < -0.3 is 15.0 Å². The lowest BCUT2D eigenvalue weighted by Gasteiger charge is -2.17. The molecule has 0 aliphatic carbocycles. The number of nitrogens with one attached hydrogen (secondary N) is 1. The van der Waals surface area contributed by atoms with Crippen LogP contribution in [0, 0.1) is 0 Å². The molecule has 3 aromatic rings. The number of carbonyl (C=O) groups is 1. The second kappa shape index (κ2) is 7.59. The van der Waals surface area contributed by atoms with Gasteiger partial charge in [-0.15, -0.1) is 5.10 Å². The SMILES string of the molecule is COc1ccc(Cn2nnc3c(N4CCC(NC(C)=O)C4)nc(Cl)nc32)cc1. The van der Waals surface area contributed by atoms with Gasteiger partial charge in [0.2, 0.25) is 11.2 Å². The van der Waals surface area contributed by atoms with Crippen molar-refractivity contribution in [3.05, 3.63) is 35.1 Å². The van der Waals surface area contributed by atoms with E-state index in [-0.39, 0.29) is 17.2 Å². The van der Waals surface area contributed by atoms with Crippen molar-refractivity contribution in [3.8, 4) is 5.75 Å². The molecule has 9 nitrogen and oxygen atoms in total. The molecular formula is C18H20ClN7O2. The molecule has 28 heavy (non-hydrogen) atoms. The zero-order valence-corrected chi connectivity index (χ0v) is 16.3. The molecule has 0 spiro atoms. The molecule has 146 valence electrons. The van der Waals surface area contributed by atoms with Crippen LogP contribution >= 0.6 is 11.6 Å². The third-order valence-electron chi connectivity index (χ3n) is 4.70. The van der Waals surface area contributed by atoms with Gasteiger partial charge in [-0.05, 0) is 35.7 Å². The third-order valence-corrected chi connectivity index (χ3v) is 4.87. The zero-order chi connectivity index (χ0) is 19.7. The Morgan fingerprint density at radius 1 is 1.32 bits per heavy atom. The fraction of sp³-hybridized carbons (Fsp3) is 0.389. The van der Waals surface area contributed by atoms with Crippen LogP contribution in [0.25, 0.3) is 11.2 Å². The van der Waals surface area contributed by atoms with Crippen LogP contribution in [-0.2, 0) is 11.3 Å². The Morgan fingerprint density at radius 2 is 2.11 bits per heavy atom. The van der Waals surface area contributed by atoms with Gasteiger partial charge in [0.25, 0.3) is 0 Å². The monoisotopic (exact) mass is 401 g/mol. The molecule has 10 heteroatoms. The van der Waals surface area contributed by atoms with Crippen molar-refractivity contribution in [3.63, 3.8) is 0 Å². The van der Waals surface area contributed by atoms with Crippen molar-refractivity contribution in [1.82, 2.24) is 30.3 Å². The van der Waals surface area contributed by atoms with Crippen molar-refractivity contribution in [1.29, 1.82) is 0 Å². The van der Waals surface area contributed by atoms with Gasteiger partial charge in [0.05, 0.1) is 13.7 Å². The van der Waals surface area contributed by atoms with Crippen LogP contribution in [0.1, 0.15) is 18.9 Å². The minimum Gasteiger partial charge on any atom is -0.497 e. The van der Waals surface area contributed by atoms with Crippen molar-refractivity contribution < 1.29 is 9.53 Å². The average Bonchev–Trinajstić information content (AvgIpc) is 3.29. The first-order valence-electron chi connectivity index (χ1n) is 8.95. The number of carbonyl (C=O) groups excluding carboxylic acids is 1. The third kappa shape index (κ3) is 3.70. The normalized spacial score (nSPS) is 16.5. The van der Waals surface area contributed by atoms with Crippen molar-refractivity contribution in [2.75, 3.05) is 25.1 Å². The van der Waals surface area contributed by atoms with E-state index in [2.05, 4.69) is 30.5 Å². The van der Waals surface area contributed by atoms with Crippen molar-refractivity contribution >= 4 is 34.5 Å². The van der Waals surface area contributed by atoms with E-state index in [1.807, 2.05) is 24.3 Å². The van der Waals surface area contributed by atoms with E-state index in [4.69, 9.17) is 16.3 Å².